The van der Waals surface area contributed by atoms with Crippen LogP contribution in [0.5, 0.6) is 0 Å². The van der Waals surface area contributed by atoms with Crippen LogP contribution in [-0.4, -0.2) is 0 Å². The molecule has 1 aromatic heterocycles. The lowest BCUT2D eigenvalue weighted by atomic mass is 10.2. The third-order valence-corrected chi connectivity index (χ3v) is 4.34. The summed E-state index contributed by atoms with van der Waals surface area (Å²) in [5.41, 5.74) is 5.89. The van der Waals surface area contributed by atoms with E-state index in [9.17, 15) is 0 Å². The fourth-order valence-electron chi connectivity index (χ4n) is 2.06. The number of aromatic nitrogens is 1. The Morgan fingerprint density at radius 1 is 1.16 bits per heavy atom. The van der Waals surface area contributed by atoms with E-state index in [2.05, 4.69) is 41.3 Å². The van der Waals surface area contributed by atoms with E-state index in [1.165, 1.54) is 15.8 Å². The van der Waals surface area contributed by atoms with Gasteiger partial charge in [0.05, 0.1) is 5.02 Å². The van der Waals surface area contributed by atoms with Crippen molar-refractivity contribution in [1.29, 1.82) is 0 Å². The van der Waals surface area contributed by atoms with Crippen molar-refractivity contribution in [2.24, 2.45) is 0 Å². The van der Waals surface area contributed by atoms with Gasteiger partial charge in [0.1, 0.15) is 4.70 Å². The van der Waals surface area contributed by atoms with Crippen molar-refractivity contribution in [2.75, 3.05) is 0 Å². The van der Waals surface area contributed by atoms with Crippen molar-refractivity contribution >= 4 is 33.2 Å². The standard InChI is InChI=1S/C15H13ClNS.BrH/c1-11-6-7-14-15(8-11)18-10-17(14)9-12-4-2-3-5-13(12)16;/h2-8,10H,9H2,1H3;1H/q+1;/p-1. The van der Waals surface area contributed by atoms with Gasteiger partial charge in [-0.15, -0.1) is 0 Å². The number of benzene rings is 2. The Labute approximate surface area is 132 Å². The molecule has 0 aliphatic heterocycles. The zero-order chi connectivity index (χ0) is 12.5. The molecule has 0 aliphatic rings. The van der Waals surface area contributed by atoms with Crippen LogP contribution in [0.25, 0.3) is 10.2 Å². The number of halogens is 2. The molecule has 0 saturated carbocycles. The highest BCUT2D eigenvalue weighted by Crippen LogP contribution is 2.20. The van der Waals surface area contributed by atoms with Gasteiger partial charge in [-0.05, 0) is 24.6 Å². The minimum atomic E-state index is 0. The first-order valence-electron chi connectivity index (χ1n) is 5.85. The molecule has 0 bridgehead atoms. The van der Waals surface area contributed by atoms with Crippen LogP contribution in [0.1, 0.15) is 11.1 Å². The second kappa shape index (κ2) is 6.04. The zero-order valence-corrected chi connectivity index (χ0v) is 13.6. The van der Waals surface area contributed by atoms with Crippen LogP contribution < -0.4 is 21.5 Å². The van der Waals surface area contributed by atoms with E-state index in [0.29, 0.717) is 0 Å². The van der Waals surface area contributed by atoms with Crippen LogP contribution in [0.2, 0.25) is 5.02 Å². The molecule has 1 heterocycles. The largest absolute Gasteiger partial charge is 1.00 e. The van der Waals surface area contributed by atoms with E-state index in [4.69, 9.17) is 11.6 Å². The van der Waals surface area contributed by atoms with Gasteiger partial charge in [-0.3, -0.25) is 0 Å². The van der Waals surface area contributed by atoms with Gasteiger partial charge in [-0.1, -0.05) is 47.2 Å². The molecule has 0 amide bonds. The zero-order valence-electron chi connectivity index (χ0n) is 10.4. The number of aryl methyl sites for hydroxylation is 1. The van der Waals surface area contributed by atoms with Crippen LogP contribution in [0.4, 0.5) is 0 Å². The fourth-order valence-corrected chi connectivity index (χ4v) is 3.25. The van der Waals surface area contributed by atoms with E-state index in [1.807, 2.05) is 18.2 Å². The summed E-state index contributed by atoms with van der Waals surface area (Å²) in [6, 6.07) is 14.6. The number of fused-ring (bicyclic) bond motifs is 1. The fraction of sp³-hybridized carbons (Fsp3) is 0.133. The number of nitrogens with zero attached hydrogens (tertiary/aromatic N) is 1. The van der Waals surface area contributed by atoms with Gasteiger partial charge in [-0.25, -0.2) is 0 Å². The molecule has 3 aromatic rings. The molecule has 0 radical (unpaired) electrons. The average Bonchev–Trinajstić information content (AvgIpc) is 2.74. The Balaban J connectivity index is 0.00000133. The number of hydrogen-bond acceptors (Lipinski definition) is 1. The predicted octanol–water partition coefficient (Wildman–Crippen LogP) is 1.20. The third kappa shape index (κ3) is 2.99. The summed E-state index contributed by atoms with van der Waals surface area (Å²) >= 11 is 7.98. The molecular weight excluding hydrogens is 342 g/mol. The van der Waals surface area contributed by atoms with Crippen molar-refractivity contribution in [3.8, 4) is 0 Å². The summed E-state index contributed by atoms with van der Waals surface area (Å²) in [6.45, 7) is 2.94. The van der Waals surface area contributed by atoms with Gasteiger partial charge in [0.25, 0.3) is 0 Å². The van der Waals surface area contributed by atoms with E-state index in [1.54, 1.807) is 11.3 Å². The molecular formula is C15H13BrClNS. The molecule has 98 valence electrons. The molecule has 0 unspecified atom stereocenters. The van der Waals surface area contributed by atoms with Crippen LogP contribution in [-0.2, 0) is 6.54 Å². The number of thiazole rings is 1. The summed E-state index contributed by atoms with van der Waals surface area (Å²) in [6.07, 6.45) is 0. The Morgan fingerprint density at radius 2 is 1.95 bits per heavy atom. The van der Waals surface area contributed by atoms with E-state index < -0.39 is 0 Å². The van der Waals surface area contributed by atoms with Crippen LogP contribution in [0.15, 0.2) is 48.0 Å². The molecule has 0 spiro atoms. The Bertz CT molecular complexity index is 708. The number of hydrogen-bond donors (Lipinski definition) is 0. The first kappa shape index (κ1) is 14.5. The summed E-state index contributed by atoms with van der Waals surface area (Å²) in [4.78, 5) is 0. The Hall–Kier alpha value is -0.900. The highest BCUT2D eigenvalue weighted by Gasteiger charge is 2.13. The average molecular weight is 355 g/mol. The van der Waals surface area contributed by atoms with E-state index in [-0.39, 0.29) is 17.0 Å². The predicted molar refractivity (Wildman–Crippen MR) is 77.3 cm³/mol. The second-order valence-corrected chi connectivity index (χ2v) is 5.71. The highest BCUT2D eigenvalue weighted by atomic mass is 79.9. The van der Waals surface area contributed by atoms with Crippen molar-refractivity contribution < 1.29 is 21.5 Å². The molecule has 0 N–H and O–H groups in total. The molecule has 2 aromatic carbocycles. The van der Waals surface area contributed by atoms with Gasteiger partial charge in [0.15, 0.2) is 6.54 Å². The van der Waals surface area contributed by atoms with Gasteiger partial charge in [-0.2, -0.15) is 4.57 Å². The lowest BCUT2D eigenvalue weighted by Crippen LogP contribution is -3.00. The summed E-state index contributed by atoms with van der Waals surface area (Å²) in [7, 11) is 0. The summed E-state index contributed by atoms with van der Waals surface area (Å²) in [5, 5.41) is 0.830. The minimum Gasteiger partial charge on any atom is -1.00 e. The minimum absolute atomic E-state index is 0. The lowest BCUT2D eigenvalue weighted by Gasteiger charge is -1.99. The quantitative estimate of drug-likeness (QED) is 0.609. The first-order chi connectivity index (χ1) is 8.74. The maximum absolute atomic E-state index is 6.21. The van der Waals surface area contributed by atoms with Crippen molar-refractivity contribution in [1.82, 2.24) is 0 Å². The topological polar surface area (TPSA) is 3.88 Å². The van der Waals surface area contributed by atoms with Crippen molar-refractivity contribution in [3.63, 3.8) is 0 Å². The number of rotatable bonds is 2. The molecule has 0 atom stereocenters. The second-order valence-electron chi connectivity index (χ2n) is 4.41. The summed E-state index contributed by atoms with van der Waals surface area (Å²) < 4.78 is 3.57. The van der Waals surface area contributed by atoms with E-state index >= 15 is 0 Å². The Morgan fingerprint density at radius 3 is 2.74 bits per heavy atom. The Kier molecular flexibility index (Phi) is 4.61. The van der Waals surface area contributed by atoms with Gasteiger partial charge in [0.2, 0.25) is 11.0 Å². The molecule has 0 fully saturated rings. The van der Waals surface area contributed by atoms with Gasteiger partial charge in [0, 0.05) is 11.6 Å². The first-order valence-corrected chi connectivity index (χ1v) is 7.10. The van der Waals surface area contributed by atoms with Crippen molar-refractivity contribution in [3.05, 3.63) is 64.1 Å². The summed E-state index contributed by atoms with van der Waals surface area (Å²) in [5.74, 6) is 0. The smallest absolute Gasteiger partial charge is 0.226 e. The maximum Gasteiger partial charge on any atom is 0.226 e. The van der Waals surface area contributed by atoms with E-state index in [0.717, 1.165) is 17.1 Å². The molecule has 3 rings (SSSR count). The molecule has 0 saturated heterocycles. The normalized spacial score (nSPS) is 10.4. The lowest BCUT2D eigenvalue weighted by molar-refractivity contribution is -0.658. The van der Waals surface area contributed by atoms with Crippen LogP contribution >= 0.6 is 22.9 Å². The SMILES string of the molecule is Cc1ccc2c(c1)sc[n+]2Cc1ccccc1Cl.[Br-]. The maximum atomic E-state index is 6.21. The third-order valence-electron chi connectivity index (χ3n) is 3.03. The molecule has 4 heteroatoms. The highest BCUT2D eigenvalue weighted by molar-refractivity contribution is 7.16. The molecule has 1 nitrogen and oxygen atoms in total. The molecule has 0 aliphatic carbocycles. The van der Waals surface area contributed by atoms with Gasteiger partial charge < -0.3 is 17.0 Å². The van der Waals surface area contributed by atoms with Crippen LogP contribution in [0, 0.1) is 6.92 Å². The van der Waals surface area contributed by atoms with Crippen LogP contribution in [0.3, 0.4) is 0 Å². The molecule has 19 heavy (non-hydrogen) atoms. The van der Waals surface area contributed by atoms with Crippen molar-refractivity contribution in [2.45, 2.75) is 13.5 Å². The monoisotopic (exact) mass is 353 g/mol. The van der Waals surface area contributed by atoms with Gasteiger partial charge >= 0.3 is 0 Å².